The predicted octanol–water partition coefficient (Wildman–Crippen LogP) is 4.31. The smallest absolute Gasteiger partial charge is 0.344 e. The highest BCUT2D eigenvalue weighted by molar-refractivity contribution is 6.74. The lowest BCUT2D eigenvalue weighted by atomic mass is 9.75. The molecule has 1 saturated heterocycles. The third kappa shape index (κ3) is 7.36. The Bertz CT molecular complexity index is 1020. The summed E-state index contributed by atoms with van der Waals surface area (Å²) in [6.45, 7) is 14.6. The van der Waals surface area contributed by atoms with Gasteiger partial charge in [0.2, 0.25) is 11.4 Å². The van der Waals surface area contributed by atoms with Gasteiger partial charge in [-0.1, -0.05) is 51.4 Å². The summed E-state index contributed by atoms with van der Waals surface area (Å²) >= 11 is 6.47. The molecule has 1 fully saturated rings. The topological polar surface area (TPSA) is 108 Å². The van der Waals surface area contributed by atoms with E-state index >= 15 is 0 Å². The van der Waals surface area contributed by atoms with E-state index in [4.69, 9.17) is 30.2 Å². The number of β-lactam (4-membered cyclic amide) rings is 1. The highest BCUT2D eigenvalue weighted by atomic mass is 35.5. The Balaban J connectivity index is 2.23. The van der Waals surface area contributed by atoms with Crippen molar-refractivity contribution < 1.29 is 37.8 Å². The van der Waals surface area contributed by atoms with Gasteiger partial charge < -0.3 is 23.5 Å². The van der Waals surface area contributed by atoms with Crippen LogP contribution in [0.2, 0.25) is 18.1 Å². The molecule has 0 radical (unpaired) electrons. The SMILES string of the molecule is COc1ccc(COC(=O)C(Cl)N2C(=O)[C@H]([C@@H](C)O[Si](C)(C)C(C)(C)C)[C@H]2[C@@H](C)C(=O)COC(C)=O)cc1. The number of amides is 1. The normalized spacial score (nSPS) is 20.2. The summed E-state index contributed by atoms with van der Waals surface area (Å²) in [5, 5.41) is -0.0969. The number of hydrogen-bond acceptors (Lipinski definition) is 8. The Morgan fingerprint density at radius 2 is 1.66 bits per heavy atom. The van der Waals surface area contributed by atoms with Gasteiger partial charge in [0.05, 0.1) is 25.2 Å². The molecule has 1 aromatic rings. The molecule has 2 rings (SSSR count). The molecule has 212 valence electrons. The Morgan fingerprint density at radius 1 is 1.08 bits per heavy atom. The molecule has 38 heavy (non-hydrogen) atoms. The van der Waals surface area contributed by atoms with Crippen molar-refractivity contribution in [2.24, 2.45) is 11.8 Å². The number of nitrogens with zero attached hydrogens (tertiary/aromatic N) is 1. The predicted molar refractivity (Wildman–Crippen MR) is 145 cm³/mol. The molecular weight excluding hydrogens is 530 g/mol. The maximum absolute atomic E-state index is 13.4. The Hall–Kier alpha value is -2.43. The van der Waals surface area contributed by atoms with Crippen LogP contribution in [0.3, 0.4) is 0 Å². The van der Waals surface area contributed by atoms with E-state index in [1.165, 1.54) is 11.8 Å². The Kier molecular flexibility index (Phi) is 10.6. The summed E-state index contributed by atoms with van der Waals surface area (Å²) in [5.41, 5.74) is -0.722. The highest BCUT2D eigenvalue weighted by Gasteiger charge is 2.58. The van der Waals surface area contributed by atoms with Gasteiger partial charge in [-0.05, 0) is 42.8 Å². The lowest BCUT2D eigenvalue weighted by molar-refractivity contribution is -0.178. The molecule has 0 aromatic heterocycles. The number of carbonyl (C=O) groups excluding carboxylic acids is 4. The lowest BCUT2D eigenvalue weighted by Gasteiger charge is -2.53. The first-order valence-electron chi connectivity index (χ1n) is 12.6. The molecule has 11 heteroatoms. The van der Waals surface area contributed by atoms with Crippen LogP contribution < -0.4 is 4.74 Å². The van der Waals surface area contributed by atoms with Crippen LogP contribution in [0.15, 0.2) is 24.3 Å². The van der Waals surface area contributed by atoms with Crippen molar-refractivity contribution in [1.29, 1.82) is 0 Å². The van der Waals surface area contributed by atoms with Crippen molar-refractivity contribution >= 4 is 43.5 Å². The molecule has 9 nitrogen and oxygen atoms in total. The van der Waals surface area contributed by atoms with Crippen LogP contribution in [0, 0.1) is 11.8 Å². The molecule has 1 aromatic carbocycles. The van der Waals surface area contributed by atoms with E-state index in [-0.39, 0.29) is 17.4 Å². The molecule has 1 heterocycles. The molecule has 0 N–H and O–H groups in total. The van der Waals surface area contributed by atoms with Crippen molar-refractivity contribution in [2.45, 2.75) is 83.9 Å². The van der Waals surface area contributed by atoms with Gasteiger partial charge >= 0.3 is 11.9 Å². The first-order valence-corrected chi connectivity index (χ1v) is 16.0. The van der Waals surface area contributed by atoms with Gasteiger partial charge in [0, 0.05) is 12.8 Å². The molecule has 1 amide bonds. The minimum atomic E-state index is -2.25. The summed E-state index contributed by atoms with van der Waals surface area (Å²) < 4.78 is 21.9. The minimum Gasteiger partial charge on any atom is -0.497 e. The minimum absolute atomic E-state index is 0.0476. The average molecular weight is 570 g/mol. The van der Waals surface area contributed by atoms with E-state index in [1.54, 1.807) is 38.3 Å². The Morgan fingerprint density at radius 3 is 2.16 bits per heavy atom. The van der Waals surface area contributed by atoms with Crippen LogP contribution in [-0.2, 0) is 39.7 Å². The quantitative estimate of drug-likeness (QED) is 0.120. The standard InChI is InChI=1S/C27H40ClNO8Si/c1-16(21(31)15-35-18(3)30)23-22(17(2)37-38(8,9)27(4,5)6)25(32)29(23)24(28)26(33)36-14-19-10-12-20(34-7)13-11-19/h10-13,16-17,22-24H,14-15H2,1-9H3/t16-,17+,22+,23+,24?/m0/s1. The number of Topliss-reactive ketones (excluding diaryl/α,β-unsaturated/α-hetero) is 1. The molecule has 0 saturated carbocycles. The fourth-order valence-corrected chi connectivity index (χ4v) is 5.84. The summed E-state index contributed by atoms with van der Waals surface area (Å²) in [4.78, 5) is 51.6. The number of hydrogen-bond donors (Lipinski definition) is 0. The number of ketones is 1. The monoisotopic (exact) mass is 569 g/mol. The zero-order chi connectivity index (χ0) is 29.0. The van der Waals surface area contributed by atoms with E-state index in [0.29, 0.717) is 11.3 Å². The summed E-state index contributed by atoms with van der Waals surface area (Å²) in [7, 11) is -0.698. The molecule has 0 aliphatic carbocycles. The average Bonchev–Trinajstić information content (AvgIpc) is 2.82. The molecule has 0 bridgehead atoms. The van der Waals surface area contributed by atoms with Gasteiger partial charge in [-0.2, -0.15) is 0 Å². The van der Waals surface area contributed by atoms with Crippen LogP contribution in [0.4, 0.5) is 0 Å². The molecular formula is C27H40ClNO8Si. The van der Waals surface area contributed by atoms with Gasteiger partial charge in [0.15, 0.2) is 14.1 Å². The first-order chi connectivity index (χ1) is 17.5. The van der Waals surface area contributed by atoms with Crippen molar-refractivity contribution in [3.8, 4) is 5.75 Å². The van der Waals surface area contributed by atoms with Gasteiger partial charge in [-0.25, -0.2) is 4.79 Å². The van der Waals surface area contributed by atoms with Gasteiger partial charge in [0.25, 0.3) is 0 Å². The van der Waals surface area contributed by atoms with Crippen molar-refractivity contribution in [1.82, 2.24) is 4.90 Å². The van der Waals surface area contributed by atoms with Crippen LogP contribution in [0.5, 0.6) is 5.75 Å². The number of likely N-dealkylation sites (tertiary alicyclic amines) is 1. The van der Waals surface area contributed by atoms with E-state index in [2.05, 4.69) is 33.9 Å². The second kappa shape index (κ2) is 12.6. The second-order valence-electron chi connectivity index (χ2n) is 11.2. The third-order valence-electron chi connectivity index (χ3n) is 7.44. The number of rotatable bonds is 12. The van der Waals surface area contributed by atoms with E-state index in [0.717, 1.165) is 0 Å². The number of methoxy groups -OCH3 is 1. The largest absolute Gasteiger partial charge is 0.497 e. The number of halogens is 1. The third-order valence-corrected chi connectivity index (χ3v) is 12.4. The van der Waals surface area contributed by atoms with Crippen molar-refractivity contribution in [3.63, 3.8) is 0 Å². The van der Waals surface area contributed by atoms with Crippen LogP contribution in [-0.4, -0.2) is 68.2 Å². The first kappa shape index (κ1) is 31.8. The van der Waals surface area contributed by atoms with Crippen LogP contribution in [0.25, 0.3) is 0 Å². The fraction of sp³-hybridized carbons (Fsp3) is 0.630. The number of benzene rings is 1. The van der Waals surface area contributed by atoms with Crippen LogP contribution >= 0.6 is 11.6 Å². The Labute approximate surface area is 231 Å². The van der Waals surface area contributed by atoms with E-state index < -0.39 is 62.3 Å². The zero-order valence-electron chi connectivity index (χ0n) is 23.7. The lowest BCUT2D eigenvalue weighted by Crippen LogP contribution is -2.71. The second-order valence-corrected chi connectivity index (χ2v) is 16.3. The van der Waals surface area contributed by atoms with Crippen LogP contribution in [0.1, 0.15) is 47.1 Å². The summed E-state index contributed by atoms with van der Waals surface area (Å²) in [6.07, 6.45) is -0.521. The number of esters is 2. The maximum atomic E-state index is 13.4. The number of ether oxygens (including phenoxy) is 3. The zero-order valence-corrected chi connectivity index (χ0v) is 25.5. The number of alkyl halides is 1. The van der Waals surface area contributed by atoms with Gasteiger partial charge in [0.1, 0.15) is 19.0 Å². The highest BCUT2D eigenvalue weighted by Crippen LogP contribution is 2.43. The molecule has 5 atom stereocenters. The van der Waals surface area contributed by atoms with E-state index in [1.807, 2.05) is 6.92 Å². The van der Waals surface area contributed by atoms with E-state index in [9.17, 15) is 19.2 Å². The molecule has 1 aliphatic heterocycles. The van der Waals surface area contributed by atoms with Gasteiger partial charge in [-0.3, -0.25) is 14.4 Å². The molecule has 1 aliphatic rings. The molecule has 0 spiro atoms. The fourth-order valence-electron chi connectivity index (χ4n) is 4.12. The maximum Gasteiger partial charge on any atom is 0.344 e. The van der Waals surface area contributed by atoms with Crippen molar-refractivity contribution in [2.75, 3.05) is 13.7 Å². The number of carbonyl (C=O) groups is 4. The molecule has 1 unspecified atom stereocenters. The van der Waals surface area contributed by atoms with Crippen molar-refractivity contribution in [3.05, 3.63) is 29.8 Å². The summed E-state index contributed by atoms with van der Waals surface area (Å²) in [5.74, 6) is -2.98. The van der Waals surface area contributed by atoms with Gasteiger partial charge in [-0.15, -0.1) is 0 Å². The summed E-state index contributed by atoms with van der Waals surface area (Å²) in [6, 6.07) is 6.24.